The zero-order valence-corrected chi connectivity index (χ0v) is 12.8. The number of carbonyl (C=O) groups is 2. The molecule has 1 atom stereocenters. The number of carboxylic acid groups (broad SMARTS) is 1. The first-order valence-electron chi connectivity index (χ1n) is 6.91. The van der Waals surface area contributed by atoms with Crippen molar-refractivity contribution in [2.45, 2.75) is 19.3 Å². The Morgan fingerprint density at radius 3 is 2.45 bits per heavy atom. The van der Waals surface area contributed by atoms with Crippen LogP contribution in [0.4, 0.5) is 5.69 Å². The third-order valence-corrected chi connectivity index (χ3v) is 3.63. The van der Waals surface area contributed by atoms with E-state index >= 15 is 0 Å². The van der Waals surface area contributed by atoms with Crippen LogP contribution in [-0.4, -0.2) is 17.0 Å². The van der Waals surface area contributed by atoms with Crippen molar-refractivity contribution < 1.29 is 14.7 Å². The molecule has 0 unspecified atom stereocenters. The maximum Gasteiger partial charge on any atom is 0.337 e. The highest BCUT2D eigenvalue weighted by molar-refractivity contribution is 6.31. The lowest BCUT2D eigenvalue weighted by atomic mass is 9.95. The molecule has 2 rings (SSSR count). The van der Waals surface area contributed by atoms with E-state index < -0.39 is 5.97 Å². The number of amides is 1. The van der Waals surface area contributed by atoms with Gasteiger partial charge in [-0.2, -0.15) is 0 Å². The Morgan fingerprint density at radius 2 is 1.86 bits per heavy atom. The van der Waals surface area contributed by atoms with Crippen LogP contribution in [0.3, 0.4) is 0 Å². The Kier molecular flexibility index (Phi) is 5.17. The molecule has 0 saturated carbocycles. The predicted molar refractivity (Wildman–Crippen MR) is 86.5 cm³/mol. The van der Waals surface area contributed by atoms with Crippen molar-refractivity contribution in [2.24, 2.45) is 0 Å². The summed E-state index contributed by atoms with van der Waals surface area (Å²) in [4.78, 5) is 23.7. The SMILES string of the molecule is CC[C@H](C(=O)Nc1ccc(Cl)cc1C(=O)O)c1ccccc1. The van der Waals surface area contributed by atoms with Gasteiger partial charge in [0.2, 0.25) is 5.91 Å². The summed E-state index contributed by atoms with van der Waals surface area (Å²) < 4.78 is 0. The molecule has 0 radical (unpaired) electrons. The smallest absolute Gasteiger partial charge is 0.337 e. The molecular formula is C17H16ClNO3. The first-order valence-corrected chi connectivity index (χ1v) is 7.29. The Labute approximate surface area is 133 Å². The number of carbonyl (C=O) groups excluding carboxylic acids is 1. The lowest BCUT2D eigenvalue weighted by Crippen LogP contribution is -2.22. The lowest BCUT2D eigenvalue weighted by molar-refractivity contribution is -0.117. The third kappa shape index (κ3) is 3.65. The normalized spacial score (nSPS) is 11.7. The second-order valence-corrected chi connectivity index (χ2v) is 5.29. The molecule has 0 aliphatic rings. The number of rotatable bonds is 5. The summed E-state index contributed by atoms with van der Waals surface area (Å²) in [6.07, 6.45) is 0.617. The average molecular weight is 318 g/mol. The monoisotopic (exact) mass is 317 g/mol. The van der Waals surface area contributed by atoms with Gasteiger partial charge in [-0.3, -0.25) is 4.79 Å². The number of hydrogen-bond donors (Lipinski definition) is 2. The molecule has 0 aromatic heterocycles. The van der Waals surface area contributed by atoms with E-state index in [0.717, 1.165) is 5.56 Å². The van der Waals surface area contributed by atoms with Gasteiger partial charge in [-0.1, -0.05) is 48.9 Å². The van der Waals surface area contributed by atoms with Crippen LogP contribution in [0.2, 0.25) is 5.02 Å². The van der Waals surface area contributed by atoms with Gasteiger partial charge >= 0.3 is 5.97 Å². The molecule has 0 aliphatic carbocycles. The van der Waals surface area contributed by atoms with E-state index in [9.17, 15) is 14.7 Å². The summed E-state index contributed by atoms with van der Waals surface area (Å²) >= 11 is 5.81. The van der Waals surface area contributed by atoms with Gasteiger partial charge in [0.05, 0.1) is 17.2 Å². The summed E-state index contributed by atoms with van der Waals surface area (Å²) in [7, 11) is 0. The van der Waals surface area contributed by atoms with Gasteiger partial charge in [0.25, 0.3) is 0 Å². The van der Waals surface area contributed by atoms with Gasteiger partial charge in [0.1, 0.15) is 0 Å². The van der Waals surface area contributed by atoms with Crippen LogP contribution in [0.5, 0.6) is 0 Å². The highest BCUT2D eigenvalue weighted by Gasteiger charge is 2.20. The fraction of sp³-hybridized carbons (Fsp3) is 0.176. The number of nitrogens with one attached hydrogen (secondary N) is 1. The van der Waals surface area contributed by atoms with E-state index in [1.165, 1.54) is 12.1 Å². The van der Waals surface area contributed by atoms with Gasteiger partial charge in [-0.05, 0) is 30.2 Å². The van der Waals surface area contributed by atoms with E-state index in [4.69, 9.17) is 11.6 Å². The summed E-state index contributed by atoms with van der Waals surface area (Å²) in [5, 5.41) is 12.2. The van der Waals surface area contributed by atoms with Crippen molar-refractivity contribution in [2.75, 3.05) is 5.32 Å². The minimum atomic E-state index is -1.13. The van der Waals surface area contributed by atoms with Crippen LogP contribution < -0.4 is 5.32 Å². The molecule has 1 amide bonds. The van der Waals surface area contributed by atoms with E-state index in [-0.39, 0.29) is 23.1 Å². The Balaban J connectivity index is 2.26. The minimum Gasteiger partial charge on any atom is -0.478 e. The fourth-order valence-corrected chi connectivity index (χ4v) is 2.45. The van der Waals surface area contributed by atoms with Gasteiger partial charge in [0.15, 0.2) is 0 Å². The van der Waals surface area contributed by atoms with Crippen LogP contribution in [0.25, 0.3) is 0 Å². The molecule has 2 aromatic rings. The summed E-state index contributed by atoms with van der Waals surface area (Å²) in [6.45, 7) is 1.91. The number of anilines is 1. The molecule has 0 heterocycles. The van der Waals surface area contributed by atoms with Gasteiger partial charge in [-0.15, -0.1) is 0 Å². The minimum absolute atomic E-state index is 0.0243. The van der Waals surface area contributed by atoms with Crippen molar-refractivity contribution in [3.8, 4) is 0 Å². The Bertz CT molecular complexity index is 686. The van der Waals surface area contributed by atoms with E-state index in [1.54, 1.807) is 6.07 Å². The number of carboxylic acids is 1. The summed E-state index contributed by atoms with van der Waals surface area (Å²) in [5.41, 5.74) is 1.12. The number of aromatic carboxylic acids is 1. The van der Waals surface area contributed by atoms with Gasteiger partial charge in [0, 0.05) is 5.02 Å². The molecule has 2 N–H and O–H groups in total. The van der Waals surface area contributed by atoms with Crippen molar-refractivity contribution in [1.29, 1.82) is 0 Å². The second kappa shape index (κ2) is 7.09. The van der Waals surface area contributed by atoms with E-state index in [0.29, 0.717) is 11.4 Å². The molecule has 2 aromatic carbocycles. The quantitative estimate of drug-likeness (QED) is 0.869. The highest BCUT2D eigenvalue weighted by atomic mass is 35.5. The fourth-order valence-electron chi connectivity index (χ4n) is 2.28. The largest absolute Gasteiger partial charge is 0.478 e. The standard InChI is InChI=1S/C17H16ClNO3/c1-2-13(11-6-4-3-5-7-11)16(20)19-15-9-8-12(18)10-14(15)17(21)22/h3-10,13H,2H2,1H3,(H,19,20)(H,21,22)/t13-/m0/s1. The molecule has 5 heteroatoms. The Morgan fingerprint density at radius 1 is 1.18 bits per heavy atom. The maximum atomic E-state index is 12.5. The van der Waals surface area contributed by atoms with Crippen LogP contribution >= 0.6 is 11.6 Å². The van der Waals surface area contributed by atoms with Crippen LogP contribution in [-0.2, 0) is 4.79 Å². The number of benzene rings is 2. The number of hydrogen-bond acceptors (Lipinski definition) is 2. The van der Waals surface area contributed by atoms with Crippen LogP contribution in [0, 0.1) is 0 Å². The average Bonchev–Trinajstić information content (AvgIpc) is 2.50. The predicted octanol–water partition coefficient (Wildman–Crippen LogP) is 4.17. The first-order chi connectivity index (χ1) is 10.5. The van der Waals surface area contributed by atoms with E-state index in [1.807, 2.05) is 37.3 Å². The topological polar surface area (TPSA) is 66.4 Å². The molecule has 114 valence electrons. The van der Waals surface area contributed by atoms with Crippen molar-refractivity contribution in [3.63, 3.8) is 0 Å². The molecule has 22 heavy (non-hydrogen) atoms. The van der Waals surface area contributed by atoms with Crippen LogP contribution in [0.1, 0.15) is 35.2 Å². The van der Waals surface area contributed by atoms with Crippen molar-refractivity contribution >= 4 is 29.2 Å². The molecule has 0 spiro atoms. The van der Waals surface area contributed by atoms with Crippen LogP contribution in [0.15, 0.2) is 48.5 Å². The summed E-state index contributed by atoms with van der Waals surface area (Å²) in [5.74, 6) is -1.71. The van der Waals surface area contributed by atoms with Crippen molar-refractivity contribution in [1.82, 2.24) is 0 Å². The van der Waals surface area contributed by atoms with E-state index in [2.05, 4.69) is 5.32 Å². The molecule has 0 bridgehead atoms. The highest BCUT2D eigenvalue weighted by Crippen LogP contribution is 2.25. The van der Waals surface area contributed by atoms with Crippen molar-refractivity contribution in [3.05, 3.63) is 64.7 Å². The second-order valence-electron chi connectivity index (χ2n) is 4.86. The Hall–Kier alpha value is -2.33. The van der Waals surface area contributed by atoms with Gasteiger partial charge < -0.3 is 10.4 Å². The lowest BCUT2D eigenvalue weighted by Gasteiger charge is -2.16. The molecule has 4 nitrogen and oxygen atoms in total. The molecule has 0 aliphatic heterocycles. The molecule has 0 saturated heterocycles. The first kappa shape index (κ1) is 16.0. The summed E-state index contributed by atoms with van der Waals surface area (Å²) in [6, 6.07) is 13.8. The van der Waals surface area contributed by atoms with Gasteiger partial charge in [-0.25, -0.2) is 4.79 Å². The molecule has 0 fully saturated rings. The molecular weight excluding hydrogens is 302 g/mol. The third-order valence-electron chi connectivity index (χ3n) is 3.40. The number of halogens is 1. The zero-order valence-electron chi connectivity index (χ0n) is 12.0. The maximum absolute atomic E-state index is 12.5. The zero-order chi connectivity index (χ0) is 16.1.